The fourth-order valence-electron chi connectivity index (χ4n) is 3.84. The van der Waals surface area contributed by atoms with Crippen molar-refractivity contribution in [2.75, 3.05) is 31.6 Å². The van der Waals surface area contributed by atoms with Crippen LogP contribution < -0.4 is 0 Å². The lowest BCUT2D eigenvalue weighted by atomic mass is 9.95. The topological polar surface area (TPSA) is 74.8 Å². The van der Waals surface area contributed by atoms with Gasteiger partial charge < -0.3 is 9.80 Å². The molecule has 7 heteroatoms. The van der Waals surface area contributed by atoms with Gasteiger partial charge in [0.2, 0.25) is 11.8 Å². The third-order valence-electron chi connectivity index (χ3n) is 5.43. The maximum absolute atomic E-state index is 12.8. The van der Waals surface area contributed by atoms with Crippen LogP contribution in [0.5, 0.6) is 0 Å². The lowest BCUT2D eigenvalue weighted by Gasteiger charge is -2.35. The summed E-state index contributed by atoms with van der Waals surface area (Å²) in [5.41, 5.74) is 0.972. The van der Waals surface area contributed by atoms with E-state index in [1.807, 2.05) is 30.3 Å². The summed E-state index contributed by atoms with van der Waals surface area (Å²) in [5, 5.41) is 0. The van der Waals surface area contributed by atoms with Crippen molar-refractivity contribution in [2.45, 2.75) is 31.7 Å². The predicted octanol–water partition coefficient (Wildman–Crippen LogP) is 1.11. The molecule has 0 aromatic heterocycles. The van der Waals surface area contributed by atoms with E-state index in [9.17, 15) is 18.0 Å². The number of nitrogens with zero attached hydrogens (tertiary/aromatic N) is 2. The van der Waals surface area contributed by atoms with Crippen molar-refractivity contribution >= 4 is 21.7 Å². The second-order valence-electron chi connectivity index (χ2n) is 7.35. The van der Waals surface area contributed by atoms with Crippen LogP contribution in [0.15, 0.2) is 30.3 Å². The van der Waals surface area contributed by atoms with Gasteiger partial charge in [-0.3, -0.25) is 9.59 Å². The number of carbonyl (C=O) groups is 2. The first-order valence-electron chi connectivity index (χ1n) is 9.14. The molecule has 2 atom stereocenters. The Labute approximate surface area is 155 Å². The van der Waals surface area contributed by atoms with Crippen LogP contribution in [0, 0.1) is 5.92 Å². The number of carbonyl (C=O) groups excluding carboxylic acids is 2. The van der Waals surface area contributed by atoms with Crippen LogP contribution in [0.2, 0.25) is 0 Å². The largest absolute Gasteiger partial charge is 0.342 e. The third-order valence-corrected chi connectivity index (χ3v) is 7.18. The molecular formula is C19H26N2O4S. The van der Waals surface area contributed by atoms with Crippen LogP contribution >= 0.6 is 0 Å². The number of likely N-dealkylation sites (tertiary alicyclic amines) is 1. The molecule has 142 valence electrons. The third kappa shape index (κ3) is 4.44. The van der Waals surface area contributed by atoms with Crippen LogP contribution in [0.1, 0.15) is 24.8 Å². The normalized spacial score (nSPS) is 25.0. The van der Waals surface area contributed by atoms with Crippen molar-refractivity contribution in [1.29, 1.82) is 0 Å². The van der Waals surface area contributed by atoms with Crippen molar-refractivity contribution in [2.24, 2.45) is 5.92 Å². The molecule has 0 radical (unpaired) electrons. The van der Waals surface area contributed by atoms with E-state index < -0.39 is 9.84 Å². The highest BCUT2D eigenvalue weighted by Crippen LogP contribution is 2.23. The zero-order valence-corrected chi connectivity index (χ0v) is 16.0. The van der Waals surface area contributed by atoms with E-state index in [0.717, 1.165) is 18.4 Å². The molecule has 1 aromatic rings. The van der Waals surface area contributed by atoms with E-state index in [4.69, 9.17) is 0 Å². The molecule has 2 aliphatic rings. The van der Waals surface area contributed by atoms with Gasteiger partial charge in [0.25, 0.3) is 0 Å². The van der Waals surface area contributed by atoms with Crippen molar-refractivity contribution in [1.82, 2.24) is 9.80 Å². The molecule has 0 spiro atoms. The lowest BCUT2D eigenvalue weighted by Crippen LogP contribution is -2.48. The maximum atomic E-state index is 12.8. The number of piperidine rings is 1. The average molecular weight is 378 g/mol. The van der Waals surface area contributed by atoms with Crippen molar-refractivity contribution in [3.63, 3.8) is 0 Å². The standard InChI is InChI=1S/C19H26N2O4S/c1-20(17-9-11-26(24,25)14-17)19(23)16-8-5-10-21(13-16)18(22)12-15-6-3-2-4-7-15/h2-4,6-7,16-17H,5,8-14H2,1H3. The molecule has 0 bridgehead atoms. The molecule has 6 nitrogen and oxygen atoms in total. The van der Waals surface area contributed by atoms with Crippen LogP contribution in [0.25, 0.3) is 0 Å². The second-order valence-corrected chi connectivity index (χ2v) is 9.58. The molecule has 0 aliphatic carbocycles. The Morgan fingerprint density at radius 3 is 2.58 bits per heavy atom. The molecule has 2 amide bonds. The number of sulfone groups is 1. The monoisotopic (exact) mass is 378 g/mol. The summed E-state index contributed by atoms with van der Waals surface area (Å²) in [4.78, 5) is 28.8. The number of benzene rings is 1. The van der Waals surface area contributed by atoms with Crippen molar-refractivity contribution in [3.05, 3.63) is 35.9 Å². The molecular weight excluding hydrogens is 352 g/mol. The quantitative estimate of drug-likeness (QED) is 0.787. The summed E-state index contributed by atoms with van der Waals surface area (Å²) in [7, 11) is -1.33. The van der Waals surface area contributed by atoms with Crippen LogP contribution in [-0.4, -0.2) is 67.7 Å². The van der Waals surface area contributed by atoms with Gasteiger partial charge in [0, 0.05) is 26.2 Å². The number of amides is 2. The minimum absolute atomic E-state index is 0.0377. The average Bonchev–Trinajstić information content (AvgIpc) is 3.01. The molecule has 1 aromatic carbocycles. The summed E-state index contributed by atoms with van der Waals surface area (Å²) in [5.74, 6) is -0.0267. The SMILES string of the molecule is CN(C(=O)C1CCCN(C(=O)Cc2ccccc2)C1)C1CCS(=O)(=O)C1. The molecule has 0 N–H and O–H groups in total. The summed E-state index contributed by atoms with van der Waals surface area (Å²) in [6.07, 6.45) is 2.40. The minimum atomic E-state index is -3.02. The van der Waals surface area contributed by atoms with Gasteiger partial charge in [0.15, 0.2) is 9.84 Å². The zero-order valence-electron chi connectivity index (χ0n) is 15.1. The van der Waals surface area contributed by atoms with Crippen LogP contribution in [0.3, 0.4) is 0 Å². The molecule has 2 aliphatic heterocycles. The molecule has 2 heterocycles. The van der Waals surface area contributed by atoms with Crippen LogP contribution in [0.4, 0.5) is 0 Å². The number of hydrogen-bond acceptors (Lipinski definition) is 4. The summed E-state index contributed by atoms with van der Waals surface area (Å²) >= 11 is 0. The summed E-state index contributed by atoms with van der Waals surface area (Å²) < 4.78 is 23.3. The maximum Gasteiger partial charge on any atom is 0.227 e. The van der Waals surface area contributed by atoms with E-state index >= 15 is 0 Å². The summed E-state index contributed by atoms with van der Waals surface area (Å²) in [6, 6.07) is 9.37. The van der Waals surface area contributed by atoms with E-state index in [1.165, 1.54) is 0 Å². The number of rotatable bonds is 4. The number of hydrogen-bond donors (Lipinski definition) is 0. The van der Waals surface area contributed by atoms with Gasteiger partial charge in [-0.25, -0.2) is 8.42 Å². The Hall–Kier alpha value is -1.89. The van der Waals surface area contributed by atoms with Gasteiger partial charge in [0.1, 0.15) is 0 Å². The highest BCUT2D eigenvalue weighted by Gasteiger charge is 2.36. The first kappa shape index (κ1) is 18.9. The van der Waals surface area contributed by atoms with E-state index in [0.29, 0.717) is 25.9 Å². The molecule has 2 fully saturated rings. The highest BCUT2D eigenvalue weighted by atomic mass is 32.2. The highest BCUT2D eigenvalue weighted by molar-refractivity contribution is 7.91. The van der Waals surface area contributed by atoms with Gasteiger partial charge in [0.05, 0.1) is 23.8 Å². The van der Waals surface area contributed by atoms with Gasteiger partial charge in [-0.2, -0.15) is 0 Å². The van der Waals surface area contributed by atoms with E-state index in [1.54, 1.807) is 16.8 Å². The molecule has 2 unspecified atom stereocenters. The molecule has 26 heavy (non-hydrogen) atoms. The molecule has 3 rings (SSSR count). The van der Waals surface area contributed by atoms with Crippen molar-refractivity contribution in [3.8, 4) is 0 Å². The van der Waals surface area contributed by atoms with Gasteiger partial charge in [-0.1, -0.05) is 30.3 Å². The predicted molar refractivity (Wildman–Crippen MR) is 99.3 cm³/mol. The molecule has 2 saturated heterocycles. The van der Waals surface area contributed by atoms with E-state index in [-0.39, 0.29) is 35.3 Å². The Kier molecular flexibility index (Phi) is 5.65. The zero-order chi connectivity index (χ0) is 18.7. The minimum Gasteiger partial charge on any atom is -0.342 e. The van der Waals surface area contributed by atoms with Gasteiger partial charge >= 0.3 is 0 Å². The van der Waals surface area contributed by atoms with Crippen LogP contribution in [-0.2, 0) is 25.8 Å². The molecule has 0 saturated carbocycles. The Morgan fingerprint density at radius 2 is 1.92 bits per heavy atom. The first-order chi connectivity index (χ1) is 12.4. The van der Waals surface area contributed by atoms with Crippen molar-refractivity contribution < 1.29 is 18.0 Å². The fourth-order valence-corrected chi connectivity index (χ4v) is 5.61. The lowest BCUT2D eigenvalue weighted by molar-refractivity contribution is -0.140. The summed E-state index contributed by atoms with van der Waals surface area (Å²) in [6.45, 7) is 1.10. The Bertz CT molecular complexity index is 763. The van der Waals surface area contributed by atoms with Gasteiger partial charge in [-0.05, 0) is 24.8 Å². The van der Waals surface area contributed by atoms with Gasteiger partial charge in [-0.15, -0.1) is 0 Å². The Morgan fingerprint density at radius 1 is 1.19 bits per heavy atom. The van der Waals surface area contributed by atoms with E-state index in [2.05, 4.69) is 0 Å². The fraction of sp³-hybridized carbons (Fsp3) is 0.579. The first-order valence-corrected chi connectivity index (χ1v) is 11.0. The smallest absolute Gasteiger partial charge is 0.227 e. The second kappa shape index (κ2) is 7.78. The Balaban J connectivity index is 1.59.